The number of nitriles is 1. The van der Waals surface area contributed by atoms with Gasteiger partial charge in [0.1, 0.15) is 17.3 Å². The zero-order valence-electron chi connectivity index (χ0n) is 17.6. The molecular formula is C23H25N7O. The minimum Gasteiger partial charge on any atom is -0.361 e. The normalized spacial score (nSPS) is 18.5. The molecule has 0 aliphatic carbocycles. The van der Waals surface area contributed by atoms with Crippen LogP contribution >= 0.6 is 0 Å². The fourth-order valence-corrected chi connectivity index (χ4v) is 4.76. The minimum atomic E-state index is -0.539. The first-order valence-corrected chi connectivity index (χ1v) is 10.7. The molecule has 158 valence electrons. The molecule has 2 N–H and O–H groups in total. The van der Waals surface area contributed by atoms with Gasteiger partial charge < -0.3 is 20.1 Å². The topological polar surface area (TPSA) is 101 Å². The molecule has 2 aliphatic heterocycles. The fourth-order valence-electron chi connectivity index (χ4n) is 4.76. The molecular weight excluding hydrogens is 390 g/mol. The summed E-state index contributed by atoms with van der Waals surface area (Å²) in [5.74, 6) is 0.747. The number of hydrogen-bond donors (Lipinski definition) is 2. The second-order valence-corrected chi connectivity index (χ2v) is 8.39. The number of aromatic amines is 1. The molecule has 3 aromatic rings. The van der Waals surface area contributed by atoms with Crippen molar-refractivity contribution in [3.8, 4) is 6.07 Å². The Morgan fingerprint density at radius 1 is 1.19 bits per heavy atom. The van der Waals surface area contributed by atoms with Crippen LogP contribution in [0.15, 0.2) is 36.5 Å². The molecule has 8 nitrogen and oxygen atoms in total. The molecule has 8 heteroatoms. The van der Waals surface area contributed by atoms with E-state index < -0.39 is 5.54 Å². The van der Waals surface area contributed by atoms with Crippen molar-refractivity contribution in [1.82, 2.24) is 25.2 Å². The fraction of sp³-hybridized carbons (Fsp3) is 0.391. The van der Waals surface area contributed by atoms with Crippen LogP contribution in [-0.2, 0) is 11.3 Å². The summed E-state index contributed by atoms with van der Waals surface area (Å²) in [6.07, 6.45) is 3.39. The van der Waals surface area contributed by atoms with Crippen LogP contribution in [0.4, 0.5) is 5.95 Å². The van der Waals surface area contributed by atoms with Crippen molar-refractivity contribution in [2.24, 2.45) is 0 Å². The van der Waals surface area contributed by atoms with Crippen LogP contribution in [-0.4, -0.2) is 57.5 Å². The second kappa shape index (κ2) is 7.67. The van der Waals surface area contributed by atoms with Gasteiger partial charge in [0.2, 0.25) is 11.9 Å². The van der Waals surface area contributed by atoms with Crippen LogP contribution in [0.2, 0.25) is 0 Å². The summed E-state index contributed by atoms with van der Waals surface area (Å²) in [6, 6.07) is 12.0. The summed E-state index contributed by atoms with van der Waals surface area (Å²) in [5.41, 5.74) is 2.86. The summed E-state index contributed by atoms with van der Waals surface area (Å²) in [4.78, 5) is 29.7. The summed E-state index contributed by atoms with van der Waals surface area (Å²) in [5, 5.41) is 13.9. The zero-order chi connectivity index (χ0) is 21.4. The molecule has 0 radical (unpaired) electrons. The molecule has 0 bridgehead atoms. The lowest BCUT2D eigenvalue weighted by Crippen LogP contribution is -2.67. The number of nitrogens with zero attached hydrogens (tertiary/aromatic N) is 5. The number of amides is 1. The molecule has 0 unspecified atom stereocenters. The van der Waals surface area contributed by atoms with Gasteiger partial charge in [0.05, 0.1) is 0 Å². The smallest absolute Gasteiger partial charge is 0.243 e. The van der Waals surface area contributed by atoms with Crippen molar-refractivity contribution in [2.45, 2.75) is 31.8 Å². The predicted molar refractivity (Wildman–Crippen MR) is 117 cm³/mol. The molecule has 1 spiro atoms. The number of rotatable bonds is 3. The van der Waals surface area contributed by atoms with Crippen LogP contribution in [0.25, 0.3) is 10.9 Å². The second-order valence-electron chi connectivity index (χ2n) is 8.39. The quantitative estimate of drug-likeness (QED) is 0.680. The molecule has 5 rings (SSSR count). The monoisotopic (exact) mass is 415 g/mol. The molecule has 2 aliphatic rings. The number of aromatic nitrogens is 3. The summed E-state index contributed by atoms with van der Waals surface area (Å²) >= 11 is 0. The predicted octanol–water partition coefficient (Wildman–Crippen LogP) is 2.11. The maximum absolute atomic E-state index is 13.5. The third-order valence-electron chi connectivity index (χ3n) is 6.43. The number of carbonyl (C=O) groups excluding carboxylic acids is 1. The van der Waals surface area contributed by atoms with Crippen molar-refractivity contribution >= 4 is 22.8 Å². The van der Waals surface area contributed by atoms with Gasteiger partial charge in [-0.1, -0.05) is 18.2 Å². The lowest BCUT2D eigenvalue weighted by molar-refractivity contribution is -0.143. The van der Waals surface area contributed by atoms with Gasteiger partial charge >= 0.3 is 0 Å². The molecule has 2 saturated heterocycles. The minimum absolute atomic E-state index is 0.173. The Labute approximate surface area is 180 Å². The number of benzene rings is 1. The van der Waals surface area contributed by atoms with E-state index >= 15 is 0 Å². The lowest BCUT2D eigenvalue weighted by atomic mass is 9.84. The Kier molecular flexibility index (Phi) is 4.83. The zero-order valence-corrected chi connectivity index (χ0v) is 17.6. The lowest BCUT2D eigenvalue weighted by Gasteiger charge is -2.47. The van der Waals surface area contributed by atoms with E-state index in [0.717, 1.165) is 23.3 Å². The highest BCUT2D eigenvalue weighted by atomic mass is 16.2. The number of para-hydroxylation sites is 1. The number of fused-ring (bicyclic) bond motifs is 1. The number of H-pyrrole nitrogens is 1. The average molecular weight is 416 g/mol. The van der Waals surface area contributed by atoms with Gasteiger partial charge in [-0.05, 0) is 37.5 Å². The van der Waals surface area contributed by atoms with E-state index in [0.29, 0.717) is 50.7 Å². The summed E-state index contributed by atoms with van der Waals surface area (Å²) in [6.45, 7) is 5.32. The first-order chi connectivity index (χ1) is 15.1. The van der Waals surface area contributed by atoms with Gasteiger partial charge in [-0.2, -0.15) is 5.26 Å². The largest absolute Gasteiger partial charge is 0.361 e. The molecule has 0 atom stereocenters. The number of piperazine rings is 1. The highest BCUT2D eigenvalue weighted by Gasteiger charge is 2.46. The van der Waals surface area contributed by atoms with E-state index in [4.69, 9.17) is 0 Å². The third-order valence-corrected chi connectivity index (χ3v) is 6.43. The van der Waals surface area contributed by atoms with Crippen molar-refractivity contribution in [1.29, 1.82) is 5.26 Å². The van der Waals surface area contributed by atoms with Gasteiger partial charge in [-0.3, -0.25) is 4.79 Å². The maximum atomic E-state index is 13.5. The Balaban J connectivity index is 1.31. The number of piperidine rings is 1. The third kappa shape index (κ3) is 3.51. The summed E-state index contributed by atoms with van der Waals surface area (Å²) < 4.78 is 0. The van der Waals surface area contributed by atoms with E-state index in [1.54, 1.807) is 6.07 Å². The van der Waals surface area contributed by atoms with Crippen molar-refractivity contribution in [3.63, 3.8) is 0 Å². The van der Waals surface area contributed by atoms with Gasteiger partial charge in [0.15, 0.2) is 0 Å². The first kappa shape index (κ1) is 19.5. The van der Waals surface area contributed by atoms with Crippen molar-refractivity contribution in [3.05, 3.63) is 53.5 Å². The van der Waals surface area contributed by atoms with Crippen molar-refractivity contribution < 1.29 is 4.79 Å². The van der Waals surface area contributed by atoms with E-state index in [-0.39, 0.29) is 5.91 Å². The van der Waals surface area contributed by atoms with Crippen LogP contribution in [0, 0.1) is 18.3 Å². The maximum Gasteiger partial charge on any atom is 0.243 e. The average Bonchev–Trinajstić information content (AvgIpc) is 3.20. The number of hydrogen-bond acceptors (Lipinski definition) is 6. The van der Waals surface area contributed by atoms with E-state index in [9.17, 15) is 10.1 Å². The summed E-state index contributed by atoms with van der Waals surface area (Å²) in [7, 11) is 0. The standard InChI is InChI=1S/C23H25N7O/c1-16-12-18(13-24)28-22(27-16)29-9-6-23(7-10-29)21(31)30(11-8-26-23)15-17-14-25-20-5-3-2-4-19(17)20/h2-5,12,14,25-26H,6-11,15H2,1H3. The molecule has 1 aromatic carbocycles. The van der Waals surface area contributed by atoms with Gasteiger partial charge in [0.25, 0.3) is 0 Å². The van der Waals surface area contributed by atoms with E-state index in [1.165, 1.54) is 5.39 Å². The van der Waals surface area contributed by atoms with Crippen molar-refractivity contribution in [2.75, 3.05) is 31.1 Å². The molecule has 1 amide bonds. The molecule has 4 heterocycles. The molecule has 2 aromatic heterocycles. The molecule has 2 fully saturated rings. The van der Waals surface area contributed by atoms with Crippen LogP contribution < -0.4 is 10.2 Å². The number of aryl methyl sites for hydroxylation is 1. The van der Waals surface area contributed by atoms with Gasteiger partial charge in [0, 0.05) is 55.5 Å². The van der Waals surface area contributed by atoms with Crippen LogP contribution in [0.3, 0.4) is 0 Å². The Morgan fingerprint density at radius 3 is 2.81 bits per heavy atom. The number of carbonyl (C=O) groups is 1. The van der Waals surface area contributed by atoms with Gasteiger partial charge in [-0.15, -0.1) is 0 Å². The Morgan fingerprint density at radius 2 is 2.00 bits per heavy atom. The highest BCUT2D eigenvalue weighted by Crippen LogP contribution is 2.30. The number of anilines is 1. The molecule has 31 heavy (non-hydrogen) atoms. The first-order valence-electron chi connectivity index (χ1n) is 10.7. The van der Waals surface area contributed by atoms with Gasteiger partial charge in [-0.25, -0.2) is 9.97 Å². The van der Waals surface area contributed by atoms with Crippen LogP contribution in [0.5, 0.6) is 0 Å². The SMILES string of the molecule is Cc1cc(C#N)nc(N2CCC3(CC2)NCCN(Cc2c[nH]c4ccccc24)C3=O)n1. The van der Waals surface area contributed by atoms with Crippen LogP contribution in [0.1, 0.15) is 29.8 Å². The van der Waals surface area contributed by atoms with E-state index in [2.05, 4.69) is 43.4 Å². The Hall–Kier alpha value is -3.44. The highest BCUT2D eigenvalue weighted by molar-refractivity contribution is 5.89. The Bertz CT molecular complexity index is 1170. The van der Waals surface area contributed by atoms with E-state index in [1.807, 2.05) is 30.2 Å². The number of nitrogens with one attached hydrogen (secondary N) is 2. The molecule has 0 saturated carbocycles.